The van der Waals surface area contributed by atoms with Crippen molar-refractivity contribution >= 4 is 11.8 Å². The van der Waals surface area contributed by atoms with E-state index in [4.69, 9.17) is 4.74 Å². The van der Waals surface area contributed by atoms with Gasteiger partial charge in [-0.2, -0.15) is 0 Å². The molecule has 186 valence electrons. The zero-order chi connectivity index (χ0) is 24.9. The van der Waals surface area contributed by atoms with Gasteiger partial charge in [0, 0.05) is 31.4 Å². The third-order valence-corrected chi connectivity index (χ3v) is 7.35. The van der Waals surface area contributed by atoms with E-state index in [0.29, 0.717) is 12.3 Å². The molecule has 2 heterocycles. The van der Waals surface area contributed by atoms with Gasteiger partial charge in [0.05, 0.1) is 6.04 Å². The molecule has 2 aromatic carbocycles. The number of carbonyl (C=O) groups is 2. The summed E-state index contributed by atoms with van der Waals surface area (Å²) in [6.07, 6.45) is 7.82. The molecule has 0 radical (unpaired) electrons. The summed E-state index contributed by atoms with van der Waals surface area (Å²) >= 11 is 0. The van der Waals surface area contributed by atoms with E-state index in [1.807, 2.05) is 42.5 Å². The lowest BCUT2D eigenvalue weighted by Gasteiger charge is -2.39. The predicted octanol–water partition coefficient (Wildman–Crippen LogP) is 4.83. The SMILES string of the molecule is CC(Oc1ccc2c(c1)C(c1ccccc1)N(C(=O)C1CCCC1)CC2)C(=O)NCc1ccncc1. The van der Waals surface area contributed by atoms with Gasteiger partial charge in [0.1, 0.15) is 5.75 Å². The van der Waals surface area contributed by atoms with Crippen LogP contribution in [0, 0.1) is 5.92 Å². The lowest BCUT2D eigenvalue weighted by atomic mass is 9.87. The van der Waals surface area contributed by atoms with Crippen LogP contribution in [0.3, 0.4) is 0 Å². The molecule has 6 heteroatoms. The van der Waals surface area contributed by atoms with Gasteiger partial charge in [0.25, 0.3) is 5.91 Å². The first kappa shape index (κ1) is 24.0. The van der Waals surface area contributed by atoms with Gasteiger partial charge in [-0.1, -0.05) is 49.2 Å². The number of carbonyl (C=O) groups excluding carboxylic acids is 2. The van der Waals surface area contributed by atoms with Crippen LogP contribution in [-0.2, 0) is 22.6 Å². The molecule has 1 aliphatic carbocycles. The molecule has 2 unspecified atom stereocenters. The summed E-state index contributed by atoms with van der Waals surface area (Å²) in [5.41, 5.74) is 4.39. The van der Waals surface area contributed by atoms with Gasteiger partial charge in [0.15, 0.2) is 6.10 Å². The van der Waals surface area contributed by atoms with Crippen LogP contribution in [0.2, 0.25) is 0 Å². The second kappa shape index (κ2) is 10.9. The monoisotopic (exact) mass is 483 g/mol. The zero-order valence-corrected chi connectivity index (χ0v) is 20.7. The maximum absolute atomic E-state index is 13.6. The maximum atomic E-state index is 13.6. The molecule has 6 nitrogen and oxygen atoms in total. The molecule has 0 spiro atoms. The Morgan fingerprint density at radius 2 is 1.81 bits per heavy atom. The van der Waals surface area contributed by atoms with Crippen LogP contribution in [-0.4, -0.2) is 34.3 Å². The van der Waals surface area contributed by atoms with E-state index in [2.05, 4.69) is 33.4 Å². The van der Waals surface area contributed by atoms with Crippen LogP contribution in [0.25, 0.3) is 0 Å². The summed E-state index contributed by atoms with van der Waals surface area (Å²) < 4.78 is 6.08. The minimum atomic E-state index is -0.653. The van der Waals surface area contributed by atoms with Crippen molar-refractivity contribution in [2.45, 2.75) is 57.7 Å². The molecule has 3 aromatic rings. The van der Waals surface area contributed by atoms with Gasteiger partial charge < -0.3 is 15.0 Å². The summed E-state index contributed by atoms with van der Waals surface area (Å²) in [5.74, 6) is 0.849. The number of hydrogen-bond acceptors (Lipinski definition) is 4. The summed E-state index contributed by atoms with van der Waals surface area (Å²) in [6.45, 7) is 2.90. The predicted molar refractivity (Wildman–Crippen MR) is 138 cm³/mol. The van der Waals surface area contributed by atoms with Gasteiger partial charge in [-0.25, -0.2) is 0 Å². The van der Waals surface area contributed by atoms with E-state index >= 15 is 0 Å². The normalized spacial score (nSPS) is 18.4. The highest BCUT2D eigenvalue weighted by atomic mass is 16.5. The van der Waals surface area contributed by atoms with Crippen molar-refractivity contribution in [1.29, 1.82) is 0 Å². The second-order valence-electron chi connectivity index (χ2n) is 9.77. The van der Waals surface area contributed by atoms with E-state index in [1.54, 1.807) is 19.3 Å². The number of ether oxygens (including phenoxy) is 1. The van der Waals surface area contributed by atoms with Gasteiger partial charge in [-0.05, 0) is 72.7 Å². The fraction of sp³-hybridized carbons (Fsp3) is 0.367. The highest BCUT2D eigenvalue weighted by Crippen LogP contribution is 2.39. The molecule has 5 rings (SSSR count). The third-order valence-electron chi connectivity index (χ3n) is 7.35. The van der Waals surface area contributed by atoms with Crippen molar-refractivity contribution < 1.29 is 14.3 Å². The molecule has 2 atom stereocenters. The summed E-state index contributed by atoms with van der Waals surface area (Å²) in [6, 6.07) is 19.9. The van der Waals surface area contributed by atoms with Crippen LogP contribution in [0.4, 0.5) is 0 Å². The standard InChI is InChI=1S/C30H33N3O3/c1-21(29(34)32-20-22-13-16-31-17-14-22)36-26-12-11-23-15-18-33(30(35)25-9-5-6-10-25)28(27(23)19-26)24-7-3-2-4-8-24/h2-4,7-8,11-14,16-17,19,21,25,28H,5-6,9-10,15,18,20H2,1H3,(H,32,34). The van der Waals surface area contributed by atoms with Crippen LogP contribution >= 0.6 is 0 Å². The number of pyridine rings is 1. The van der Waals surface area contributed by atoms with E-state index in [9.17, 15) is 9.59 Å². The first-order valence-electron chi connectivity index (χ1n) is 12.9. The highest BCUT2D eigenvalue weighted by Gasteiger charge is 2.36. The smallest absolute Gasteiger partial charge is 0.261 e. The molecule has 1 aromatic heterocycles. The Morgan fingerprint density at radius 3 is 2.56 bits per heavy atom. The summed E-state index contributed by atoms with van der Waals surface area (Å²) in [4.78, 5) is 32.3. The Hall–Kier alpha value is -3.67. The molecule has 2 amide bonds. The number of nitrogens with zero attached hydrogens (tertiary/aromatic N) is 2. The second-order valence-corrected chi connectivity index (χ2v) is 9.77. The molecule has 1 fully saturated rings. The fourth-order valence-electron chi connectivity index (χ4n) is 5.40. The molecule has 1 saturated carbocycles. The topological polar surface area (TPSA) is 71.5 Å². The summed E-state index contributed by atoms with van der Waals surface area (Å²) in [7, 11) is 0. The lowest BCUT2D eigenvalue weighted by Crippen LogP contribution is -2.43. The van der Waals surface area contributed by atoms with E-state index in [0.717, 1.165) is 55.3 Å². The average Bonchev–Trinajstić information content (AvgIpc) is 3.47. The zero-order valence-electron chi connectivity index (χ0n) is 20.7. The number of benzene rings is 2. The minimum Gasteiger partial charge on any atom is -0.481 e. The van der Waals surface area contributed by atoms with E-state index in [1.165, 1.54) is 5.56 Å². The fourth-order valence-corrected chi connectivity index (χ4v) is 5.40. The Labute approximate surface area is 212 Å². The van der Waals surface area contributed by atoms with Crippen LogP contribution < -0.4 is 10.1 Å². The lowest BCUT2D eigenvalue weighted by molar-refractivity contribution is -0.137. The van der Waals surface area contributed by atoms with Crippen molar-refractivity contribution in [3.05, 3.63) is 95.3 Å². The van der Waals surface area contributed by atoms with Crippen molar-refractivity contribution in [2.24, 2.45) is 5.92 Å². The number of fused-ring (bicyclic) bond motifs is 1. The van der Waals surface area contributed by atoms with Gasteiger partial charge in [-0.15, -0.1) is 0 Å². The molecule has 36 heavy (non-hydrogen) atoms. The number of hydrogen-bond donors (Lipinski definition) is 1. The first-order valence-corrected chi connectivity index (χ1v) is 12.9. The van der Waals surface area contributed by atoms with Crippen molar-refractivity contribution in [3.8, 4) is 5.75 Å². The number of rotatable bonds is 7. The Bertz CT molecular complexity index is 1190. The third kappa shape index (κ3) is 5.27. The minimum absolute atomic E-state index is 0.126. The quantitative estimate of drug-likeness (QED) is 0.523. The first-order chi connectivity index (χ1) is 17.6. The Kier molecular flexibility index (Phi) is 7.31. The van der Waals surface area contributed by atoms with E-state index < -0.39 is 6.10 Å². The number of aromatic nitrogens is 1. The molecule has 1 N–H and O–H groups in total. The molecule has 2 aliphatic rings. The molecule has 0 saturated heterocycles. The molecular formula is C30H33N3O3. The van der Waals surface area contributed by atoms with Crippen LogP contribution in [0.5, 0.6) is 5.75 Å². The summed E-state index contributed by atoms with van der Waals surface area (Å²) in [5, 5.41) is 2.92. The van der Waals surface area contributed by atoms with Crippen LogP contribution in [0.1, 0.15) is 60.9 Å². The van der Waals surface area contributed by atoms with Gasteiger partial charge >= 0.3 is 0 Å². The molecule has 0 bridgehead atoms. The average molecular weight is 484 g/mol. The van der Waals surface area contributed by atoms with Gasteiger partial charge in [0.2, 0.25) is 5.91 Å². The maximum Gasteiger partial charge on any atom is 0.261 e. The molecule has 1 aliphatic heterocycles. The van der Waals surface area contributed by atoms with Gasteiger partial charge in [-0.3, -0.25) is 14.6 Å². The van der Waals surface area contributed by atoms with Crippen LogP contribution in [0.15, 0.2) is 73.1 Å². The number of nitrogens with one attached hydrogen (secondary N) is 1. The highest BCUT2D eigenvalue weighted by molar-refractivity contribution is 5.81. The largest absolute Gasteiger partial charge is 0.481 e. The Morgan fingerprint density at radius 1 is 1.06 bits per heavy atom. The van der Waals surface area contributed by atoms with Crippen molar-refractivity contribution in [3.63, 3.8) is 0 Å². The van der Waals surface area contributed by atoms with E-state index in [-0.39, 0.29) is 23.8 Å². The van der Waals surface area contributed by atoms with Crippen molar-refractivity contribution in [2.75, 3.05) is 6.54 Å². The molecular weight excluding hydrogens is 450 g/mol. The number of amides is 2. The van der Waals surface area contributed by atoms with Crippen molar-refractivity contribution in [1.82, 2.24) is 15.2 Å². The Balaban J connectivity index is 1.36.